The Kier molecular flexibility index (Phi) is 7.53. The van der Waals surface area contributed by atoms with Crippen LogP contribution in [0.3, 0.4) is 0 Å². The van der Waals surface area contributed by atoms with Crippen molar-refractivity contribution in [3.05, 3.63) is 24.0 Å². The van der Waals surface area contributed by atoms with Crippen molar-refractivity contribution in [1.29, 1.82) is 0 Å². The standard InChI is InChI=1S/C15H23FN2O3/c1-3-4-11(7-8-19)10-17-15(20)18-12-5-6-14(21-2)13(16)9-12/h5-6,9,11,19H,3-4,7-8,10H2,1-2H3,(H2,17,18,20). The molecule has 0 spiro atoms. The number of carbonyl (C=O) groups is 1. The lowest BCUT2D eigenvalue weighted by molar-refractivity contribution is 0.236. The molecule has 0 aromatic heterocycles. The molecule has 0 aliphatic heterocycles. The van der Waals surface area contributed by atoms with E-state index in [2.05, 4.69) is 17.6 Å². The van der Waals surface area contributed by atoms with E-state index in [9.17, 15) is 9.18 Å². The second kappa shape index (κ2) is 9.18. The number of hydrogen-bond acceptors (Lipinski definition) is 3. The van der Waals surface area contributed by atoms with Crippen molar-refractivity contribution in [2.45, 2.75) is 26.2 Å². The molecule has 21 heavy (non-hydrogen) atoms. The number of anilines is 1. The number of methoxy groups -OCH3 is 1. The molecule has 6 heteroatoms. The number of ether oxygens (including phenoxy) is 1. The third-order valence-corrected chi connectivity index (χ3v) is 3.20. The first kappa shape index (κ1) is 17.2. The second-order valence-corrected chi connectivity index (χ2v) is 4.85. The molecule has 0 radical (unpaired) electrons. The second-order valence-electron chi connectivity index (χ2n) is 4.85. The van der Waals surface area contributed by atoms with Gasteiger partial charge < -0.3 is 20.5 Å². The molecule has 1 aromatic carbocycles. The van der Waals surface area contributed by atoms with Crippen molar-refractivity contribution in [2.75, 3.05) is 25.6 Å². The van der Waals surface area contributed by atoms with Crippen LogP contribution in [-0.2, 0) is 0 Å². The van der Waals surface area contributed by atoms with Gasteiger partial charge in [-0.25, -0.2) is 9.18 Å². The lowest BCUT2D eigenvalue weighted by Gasteiger charge is -2.16. The minimum Gasteiger partial charge on any atom is -0.494 e. The van der Waals surface area contributed by atoms with Crippen LogP contribution in [0.4, 0.5) is 14.9 Å². The summed E-state index contributed by atoms with van der Waals surface area (Å²) in [7, 11) is 1.38. The van der Waals surface area contributed by atoms with Gasteiger partial charge in [0.15, 0.2) is 11.6 Å². The highest BCUT2D eigenvalue weighted by Gasteiger charge is 2.10. The number of amides is 2. The minimum atomic E-state index is -0.528. The van der Waals surface area contributed by atoms with Crippen LogP contribution in [0.1, 0.15) is 26.2 Å². The predicted octanol–water partition coefficient (Wildman–Crippen LogP) is 2.75. The van der Waals surface area contributed by atoms with E-state index in [0.717, 1.165) is 12.8 Å². The lowest BCUT2D eigenvalue weighted by atomic mass is 10.0. The van der Waals surface area contributed by atoms with Gasteiger partial charge in [0.2, 0.25) is 0 Å². The van der Waals surface area contributed by atoms with E-state index in [0.29, 0.717) is 18.7 Å². The number of halogens is 1. The number of aliphatic hydroxyl groups is 1. The van der Waals surface area contributed by atoms with E-state index in [1.807, 2.05) is 0 Å². The van der Waals surface area contributed by atoms with Crippen LogP contribution < -0.4 is 15.4 Å². The number of urea groups is 1. The average Bonchev–Trinajstić information content (AvgIpc) is 2.45. The van der Waals surface area contributed by atoms with Crippen molar-refractivity contribution in [3.63, 3.8) is 0 Å². The summed E-state index contributed by atoms with van der Waals surface area (Å²) in [5.74, 6) is -0.148. The normalized spacial score (nSPS) is 11.8. The Morgan fingerprint density at radius 2 is 2.19 bits per heavy atom. The van der Waals surface area contributed by atoms with Crippen molar-refractivity contribution in [2.24, 2.45) is 5.92 Å². The van der Waals surface area contributed by atoms with E-state index in [1.54, 1.807) is 6.07 Å². The Bertz CT molecular complexity index is 449. The number of hydrogen-bond donors (Lipinski definition) is 3. The highest BCUT2D eigenvalue weighted by molar-refractivity contribution is 5.89. The maximum absolute atomic E-state index is 13.5. The molecule has 0 fully saturated rings. The van der Waals surface area contributed by atoms with Crippen LogP contribution in [0.15, 0.2) is 18.2 Å². The molecule has 0 aliphatic carbocycles. The Balaban J connectivity index is 2.47. The number of aliphatic hydroxyl groups excluding tert-OH is 1. The molecular formula is C15H23FN2O3. The van der Waals surface area contributed by atoms with Gasteiger partial charge >= 0.3 is 6.03 Å². The quantitative estimate of drug-likeness (QED) is 0.691. The molecule has 0 aliphatic rings. The summed E-state index contributed by atoms with van der Waals surface area (Å²) in [5, 5.41) is 14.3. The van der Waals surface area contributed by atoms with Gasteiger partial charge in [-0.05, 0) is 30.9 Å². The maximum atomic E-state index is 13.5. The van der Waals surface area contributed by atoms with Gasteiger partial charge in [0.05, 0.1) is 7.11 Å². The van der Waals surface area contributed by atoms with E-state index in [-0.39, 0.29) is 18.3 Å². The molecule has 0 saturated heterocycles. The summed E-state index contributed by atoms with van der Waals surface area (Å²) in [6.45, 7) is 2.65. The molecule has 2 amide bonds. The van der Waals surface area contributed by atoms with Crippen LogP contribution in [0.25, 0.3) is 0 Å². The summed E-state index contributed by atoms with van der Waals surface area (Å²) in [6.07, 6.45) is 2.60. The Hall–Kier alpha value is -1.82. The van der Waals surface area contributed by atoms with Gasteiger partial charge in [-0.15, -0.1) is 0 Å². The average molecular weight is 298 g/mol. The van der Waals surface area contributed by atoms with Gasteiger partial charge in [0.1, 0.15) is 0 Å². The molecule has 118 valence electrons. The Labute approximate surface area is 124 Å². The van der Waals surface area contributed by atoms with Crippen LogP contribution in [0.5, 0.6) is 5.75 Å². The zero-order valence-corrected chi connectivity index (χ0v) is 12.5. The molecular weight excluding hydrogens is 275 g/mol. The summed E-state index contributed by atoms with van der Waals surface area (Å²) >= 11 is 0. The SMILES string of the molecule is CCCC(CCO)CNC(=O)Nc1ccc(OC)c(F)c1. The first-order chi connectivity index (χ1) is 10.1. The topological polar surface area (TPSA) is 70.6 Å². The number of nitrogens with one attached hydrogen (secondary N) is 2. The van der Waals surface area contributed by atoms with E-state index in [1.165, 1.54) is 19.2 Å². The first-order valence-electron chi connectivity index (χ1n) is 7.10. The predicted molar refractivity (Wildman–Crippen MR) is 80.1 cm³/mol. The largest absolute Gasteiger partial charge is 0.494 e. The van der Waals surface area contributed by atoms with Crippen LogP contribution in [-0.4, -0.2) is 31.4 Å². The van der Waals surface area contributed by atoms with E-state index < -0.39 is 11.8 Å². The molecule has 5 nitrogen and oxygen atoms in total. The minimum absolute atomic E-state index is 0.109. The first-order valence-corrected chi connectivity index (χ1v) is 7.10. The summed E-state index contributed by atoms with van der Waals surface area (Å²) in [4.78, 5) is 11.8. The van der Waals surface area contributed by atoms with Gasteiger partial charge in [0, 0.05) is 24.9 Å². The van der Waals surface area contributed by atoms with Crippen molar-refractivity contribution >= 4 is 11.7 Å². The molecule has 1 unspecified atom stereocenters. The van der Waals surface area contributed by atoms with E-state index >= 15 is 0 Å². The molecule has 0 saturated carbocycles. The zero-order chi connectivity index (χ0) is 15.7. The van der Waals surface area contributed by atoms with Crippen molar-refractivity contribution in [3.8, 4) is 5.75 Å². The third-order valence-electron chi connectivity index (χ3n) is 3.20. The highest BCUT2D eigenvalue weighted by Crippen LogP contribution is 2.20. The number of benzene rings is 1. The smallest absolute Gasteiger partial charge is 0.319 e. The highest BCUT2D eigenvalue weighted by atomic mass is 19.1. The summed E-state index contributed by atoms with van der Waals surface area (Å²) in [5.41, 5.74) is 0.361. The van der Waals surface area contributed by atoms with Gasteiger partial charge in [-0.2, -0.15) is 0 Å². The lowest BCUT2D eigenvalue weighted by Crippen LogP contribution is -2.33. The number of rotatable bonds is 8. The summed E-state index contributed by atoms with van der Waals surface area (Å²) in [6, 6.07) is 3.84. The Morgan fingerprint density at radius 3 is 2.76 bits per heavy atom. The van der Waals surface area contributed by atoms with Gasteiger partial charge in [-0.1, -0.05) is 13.3 Å². The van der Waals surface area contributed by atoms with Crippen molar-refractivity contribution < 1.29 is 19.0 Å². The van der Waals surface area contributed by atoms with Crippen LogP contribution >= 0.6 is 0 Å². The number of carbonyl (C=O) groups excluding carboxylic acids is 1. The summed E-state index contributed by atoms with van der Waals surface area (Å²) < 4.78 is 18.3. The zero-order valence-electron chi connectivity index (χ0n) is 12.5. The van der Waals surface area contributed by atoms with Gasteiger partial charge in [-0.3, -0.25) is 0 Å². The van der Waals surface area contributed by atoms with Crippen molar-refractivity contribution in [1.82, 2.24) is 5.32 Å². The third kappa shape index (κ3) is 5.99. The molecule has 1 aromatic rings. The molecule has 1 rings (SSSR count). The van der Waals surface area contributed by atoms with E-state index in [4.69, 9.17) is 9.84 Å². The molecule has 0 heterocycles. The molecule has 0 bridgehead atoms. The van der Waals surface area contributed by atoms with Crippen LogP contribution in [0.2, 0.25) is 0 Å². The fraction of sp³-hybridized carbons (Fsp3) is 0.533. The maximum Gasteiger partial charge on any atom is 0.319 e. The molecule has 3 N–H and O–H groups in total. The fourth-order valence-corrected chi connectivity index (χ4v) is 2.10. The monoisotopic (exact) mass is 298 g/mol. The Morgan fingerprint density at radius 1 is 1.43 bits per heavy atom. The fourth-order valence-electron chi connectivity index (χ4n) is 2.10. The van der Waals surface area contributed by atoms with Crippen LogP contribution in [0, 0.1) is 11.7 Å². The van der Waals surface area contributed by atoms with Gasteiger partial charge in [0.25, 0.3) is 0 Å². The molecule has 1 atom stereocenters.